The van der Waals surface area contributed by atoms with Crippen LogP contribution < -0.4 is 10.2 Å². The van der Waals surface area contributed by atoms with Crippen molar-refractivity contribution in [3.05, 3.63) is 30.3 Å². The Balaban J connectivity index is 1.41. The van der Waals surface area contributed by atoms with Crippen LogP contribution in [0.4, 0.5) is 5.69 Å². The Hall–Kier alpha value is -1.75. The van der Waals surface area contributed by atoms with Crippen LogP contribution in [0, 0.1) is 0 Å². The van der Waals surface area contributed by atoms with Crippen molar-refractivity contribution in [1.82, 2.24) is 15.1 Å². The second-order valence-corrected chi connectivity index (χ2v) is 7.20. The lowest BCUT2D eigenvalue weighted by atomic mass is 10.2. The maximum Gasteiger partial charge on any atom is 0.193 e. The Morgan fingerprint density at radius 3 is 2.44 bits per heavy atom. The highest BCUT2D eigenvalue weighted by Gasteiger charge is 2.21. The number of rotatable bonds is 5. The van der Waals surface area contributed by atoms with Crippen molar-refractivity contribution in [3.63, 3.8) is 0 Å². The quantitative estimate of drug-likeness (QED) is 0.657. The average molecular weight is 344 g/mol. The van der Waals surface area contributed by atoms with Gasteiger partial charge in [0.1, 0.15) is 0 Å². The molecule has 2 fully saturated rings. The van der Waals surface area contributed by atoms with Gasteiger partial charge in [-0.3, -0.25) is 4.99 Å². The van der Waals surface area contributed by atoms with E-state index in [2.05, 4.69) is 62.4 Å². The van der Waals surface area contributed by atoms with E-state index in [0.717, 1.165) is 51.3 Å². The zero-order valence-corrected chi connectivity index (χ0v) is 15.8. The van der Waals surface area contributed by atoms with Crippen LogP contribution in [0.1, 0.15) is 25.7 Å². The third-order valence-corrected chi connectivity index (χ3v) is 5.61. The Bertz CT molecular complexity index is 530. The van der Waals surface area contributed by atoms with Gasteiger partial charge in [0, 0.05) is 58.0 Å². The number of guanidine groups is 1. The molecule has 3 rings (SSSR count). The van der Waals surface area contributed by atoms with Gasteiger partial charge >= 0.3 is 0 Å². The third-order valence-electron chi connectivity index (χ3n) is 5.61. The summed E-state index contributed by atoms with van der Waals surface area (Å²) in [7, 11) is 4.16. The number of para-hydroxylation sites is 1. The smallest absolute Gasteiger partial charge is 0.193 e. The fourth-order valence-electron chi connectivity index (χ4n) is 4.02. The fourth-order valence-corrected chi connectivity index (χ4v) is 4.02. The Morgan fingerprint density at radius 2 is 1.80 bits per heavy atom. The van der Waals surface area contributed by atoms with E-state index in [1.54, 1.807) is 0 Å². The molecule has 0 spiro atoms. The molecule has 138 valence electrons. The first-order valence-electron chi connectivity index (χ1n) is 9.74. The van der Waals surface area contributed by atoms with Crippen molar-refractivity contribution in [2.24, 2.45) is 4.99 Å². The number of nitrogens with one attached hydrogen (secondary N) is 1. The van der Waals surface area contributed by atoms with Gasteiger partial charge < -0.3 is 20.0 Å². The van der Waals surface area contributed by atoms with E-state index in [1.165, 1.54) is 31.4 Å². The summed E-state index contributed by atoms with van der Waals surface area (Å²) in [6.07, 6.45) is 5.53. The molecular formula is C20H33N5. The van der Waals surface area contributed by atoms with Crippen molar-refractivity contribution >= 4 is 11.6 Å². The first kappa shape index (κ1) is 18.1. The maximum absolute atomic E-state index is 4.50. The lowest BCUT2D eigenvalue weighted by Crippen LogP contribution is -2.53. The molecule has 5 heteroatoms. The van der Waals surface area contributed by atoms with Crippen LogP contribution in [0.2, 0.25) is 0 Å². The van der Waals surface area contributed by atoms with Gasteiger partial charge in [0.2, 0.25) is 0 Å². The summed E-state index contributed by atoms with van der Waals surface area (Å²) in [5, 5.41) is 3.56. The Labute approximate surface area is 152 Å². The first-order chi connectivity index (χ1) is 12.3. The highest BCUT2D eigenvalue weighted by Crippen LogP contribution is 2.21. The standard InChI is InChI=1S/C20H33N5/c1-21-20(22-12-13-23(2)18-8-6-7-9-18)25-16-14-24(15-17-25)19-10-4-3-5-11-19/h3-5,10-11,18H,6-9,12-17H2,1-2H3,(H,21,22). The number of nitrogens with zero attached hydrogens (tertiary/aromatic N) is 4. The highest BCUT2D eigenvalue weighted by atomic mass is 15.3. The number of aliphatic imine (C=N–C) groups is 1. The van der Waals surface area contributed by atoms with Crippen LogP contribution in [0.3, 0.4) is 0 Å². The van der Waals surface area contributed by atoms with Crippen LogP contribution in [-0.4, -0.2) is 75.2 Å². The second kappa shape index (κ2) is 9.09. The molecule has 25 heavy (non-hydrogen) atoms. The van der Waals surface area contributed by atoms with E-state index in [1.807, 2.05) is 7.05 Å². The van der Waals surface area contributed by atoms with Gasteiger partial charge in [0.15, 0.2) is 5.96 Å². The van der Waals surface area contributed by atoms with Crippen molar-refractivity contribution < 1.29 is 0 Å². The van der Waals surface area contributed by atoms with Gasteiger partial charge in [-0.1, -0.05) is 31.0 Å². The number of anilines is 1. The third kappa shape index (κ3) is 4.88. The minimum atomic E-state index is 0.790. The number of benzene rings is 1. The lowest BCUT2D eigenvalue weighted by Gasteiger charge is -2.38. The summed E-state index contributed by atoms with van der Waals surface area (Å²) in [4.78, 5) is 11.9. The Kier molecular flexibility index (Phi) is 6.56. The normalized spacial score (nSPS) is 19.7. The molecule has 0 unspecified atom stereocenters. The van der Waals surface area contributed by atoms with Crippen molar-refractivity contribution in [3.8, 4) is 0 Å². The van der Waals surface area contributed by atoms with E-state index in [9.17, 15) is 0 Å². The molecule has 1 N–H and O–H groups in total. The van der Waals surface area contributed by atoms with Gasteiger partial charge in [-0.15, -0.1) is 0 Å². The van der Waals surface area contributed by atoms with Crippen LogP contribution >= 0.6 is 0 Å². The molecular weight excluding hydrogens is 310 g/mol. The molecule has 5 nitrogen and oxygen atoms in total. The highest BCUT2D eigenvalue weighted by molar-refractivity contribution is 5.80. The second-order valence-electron chi connectivity index (χ2n) is 7.20. The fraction of sp³-hybridized carbons (Fsp3) is 0.650. The van der Waals surface area contributed by atoms with Crippen molar-refractivity contribution in [1.29, 1.82) is 0 Å². The van der Waals surface area contributed by atoms with E-state index < -0.39 is 0 Å². The zero-order valence-electron chi connectivity index (χ0n) is 15.8. The summed E-state index contributed by atoms with van der Waals surface area (Å²) in [5.74, 6) is 1.05. The van der Waals surface area contributed by atoms with Gasteiger partial charge in [-0.2, -0.15) is 0 Å². The molecule has 1 aliphatic carbocycles. The molecule has 1 aromatic carbocycles. The predicted octanol–water partition coefficient (Wildman–Crippen LogP) is 2.26. The number of hydrogen-bond donors (Lipinski definition) is 1. The van der Waals surface area contributed by atoms with Gasteiger partial charge in [0.05, 0.1) is 0 Å². The topological polar surface area (TPSA) is 34.1 Å². The summed E-state index contributed by atoms with van der Waals surface area (Å²) >= 11 is 0. The van der Waals surface area contributed by atoms with Crippen LogP contribution in [0.25, 0.3) is 0 Å². The maximum atomic E-state index is 4.50. The van der Waals surface area contributed by atoms with Crippen molar-refractivity contribution in [2.45, 2.75) is 31.7 Å². The monoisotopic (exact) mass is 343 g/mol. The SMILES string of the molecule is CN=C(NCCN(C)C1CCCC1)N1CCN(c2ccccc2)CC1. The van der Waals surface area contributed by atoms with Crippen molar-refractivity contribution in [2.75, 3.05) is 58.3 Å². The summed E-state index contributed by atoms with van der Waals surface area (Å²) in [6.45, 7) is 6.20. The van der Waals surface area contributed by atoms with Gasteiger partial charge in [-0.05, 0) is 32.0 Å². The van der Waals surface area contributed by atoms with E-state index in [4.69, 9.17) is 0 Å². The van der Waals surface area contributed by atoms with Crippen LogP contribution in [0.15, 0.2) is 35.3 Å². The molecule has 1 aromatic rings. The minimum absolute atomic E-state index is 0.790. The molecule has 1 saturated carbocycles. The first-order valence-corrected chi connectivity index (χ1v) is 9.74. The summed E-state index contributed by atoms with van der Waals surface area (Å²) in [6, 6.07) is 11.5. The molecule has 2 aliphatic rings. The number of piperazine rings is 1. The molecule has 1 saturated heterocycles. The average Bonchev–Trinajstić information content (AvgIpc) is 3.21. The molecule has 0 bridgehead atoms. The largest absolute Gasteiger partial charge is 0.368 e. The summed E-state index contributed by atoms with van der Waals surface area (Å²) in [5.41, 5.74) is 1.32. The minimum Gasteiger partial charge on any atom is -0.368 e. The number of hydrogen-bond acceptors (Lipinski definition) is 3. The molecule has 0 atom stereocenters. The van der Waals surface area contributed by atoms with E-state index >= 15 is 0 Å². The molecule has 1 heterocycles. The number of likely N-dealkylation sites (N-methyl/N-ethyl adjacent to an activating group) is 1. The van der Waals surface area contributed by atoms with Crippen LogP contribution in [-0.2, 0) is 0 Å². The lowest BCUT2D eigenvalue weighted by molar-refractivity contribution is 0.248. The van der Waals surface area contributed by atoms with E-state index in [-0.39, 0.29) is 0 Å². The van der Waals surface area contributed by atoms with E-state index in [0.29, 0.717) is 0 Å². The zero-order chi connectivity index (χ0) is 17.5. The Morgan fingerprint density at radius 1 is 1.12 bits per heavy atom. The molecule has 0 aromatic heterocycles. The molecule has 0 amide bonds. The summed E-state index contributed by atoms with van der Waals surface area (Å²) < 4.78 is 0. The van der Waals surface area contributed by atoms with Gasteiger partial charge in [-0.25, -0.2) is 0 Å². The molecule has 0 radical (unpaired) electrons. The van der Waals surface area contributed by atoms with Gasteiger partial charge in [0.25, 0.3) is 0 Å². The predicted molar refractivity (Wildman–Crippen MR) is 106 cm³/mol. The molecule has 1 aliphatic heterocycles. The van der Waals surface area contributed by atoms with Crippen LogP contribution in [0.5, 0.6) is 0 Å².